The molecule has 3 unspecified atom stereocenters. The van der Waals surface area contributed by atoms with Crippen molar-refractivity contribution in [1.82, 2.24) is 0 Å². The van der Waals surface area contributed by atoms with Gasteiger partial charge in [-0.05, 0) is 25.7 Å². The van der Waals surface area contributed by atoms with Gasteiger partial charge >= 0.3 is 0 Å². The van der Waals surface area contributed by atoms with E-state index in [-0.39, 0.29) is 0 Å². The summed E-state index contributed by atoms with van der Waals surface area (Å²) in [5.74, 6) is 0.648. The van der Waals surface area contributed by atoms with E-state index in [1.807, 2.05) is 0 Å². The Morgan fingerprint density at radius 2 is 2.06 bits per heavy atom. The summed E-state index contributed by atoms with van der Waals surface area (Å²) in [6, 6.07) is 0. The van der Waals surface area contributed by atoms with Gasteiger partial charge in [0.1, 0.15) is 0 Å². The number of hydrogen-bond donors (Lipinski definition) is 0. The molecule has 0 radical (unpaired) electrons. The highest BCUT2D eigenvalue weighted by atomic mass is 16.5. The van der Waals surface area contributed by atoms with Gasteiger partial charge in [0.2, 0.25) is 0 Å². The summed E-state index contributed by atoms with van der Waals surface area (Å²) < 4.78 is 16.4. The Labute approximate surface area is 97.8 Å². The second-order valence-electron chi connectivity index (χ2n) is 4.69. The van der Waals surface area contributed by atoms with Crippen LogP contribution < -0.4 is 0 Å². The fourth-order valence-electron chi connectivity index (χ4n) is 2.47. The average molecular weight is 226 g/mol. The van der Waals surface area contributed by atoms with E-state index < -0.39 is 0 Å². The highest BCUT2D eigenvalue weighted by Gasteiger charge is 2.40. The molecule has 92 valence electrons. The van der Waals surface area contributed by atoms with E-state index in [9.17, 15) is 0 Å². The summed E-state index contributed by atoms with van der Waals surface area (Å²) in [7, 11) is 0. The Morgan fingerprint density at radius 3 is 2.75 bits per heavy atom. The minimum Gasteiger partial charge on any atom is -0.502 e. The smallest absolute Gasteiger partial charge is 0.0873 e. The van der Waals surface area contributed by atoms with E-state index in [1.54, 1.807) is 0 Å². The van der Waals surface area contributed by atoms with Gasteiger partial charge in [0.05, 0.1) is 31.7 Å². The predicted molar refractivity (Wildman–Crippen MR) is 62.2 cm³/mol. The lowest BCUT2D eigenvalue weighted by Crippen LogP contribution is -2.48. The number of hydrogen-bond acceptors (Lipinski definition) is 3. The Balaban J connectivity index is 1.43. The molecule has 3 aliphatic rings. The maximum atomic E-state index is 5.69. The summed E-state index contributed by atoms with van der Waals surface area (Å²) in [6.07, 6.45) is 8.47. The second kappa shape index (κ2) is 6.26. The van der Waals surface area contributed by atoms with Crippen molar-refractivity contribution in [1.29, 1.82) is 0 Å². The summed E-state index contributed by atoms with van der Waals surface area (Å²) in [5, 5.41) is 0. The van der Waals surface area contributed by atoms with Crippen LogP contribution in [0.5, 0.6) is 0 Å². The molecule has 1 saturated carbocycles. The zero-order chi connectivity index (χ0) is 11.2. The van der Waals surface area contributed by atoms with E-state index in [1.165, 1.54) is 25.5 Å². The van der Waals surface area contributed by atoms with E-state index in [4.69, 9.17) is 14.2 Å². The maximum Gasteiger partial charge on any atom is 0.0873 e. The van der Waals surface area contributed by atoms with Gasteiger partial charge in [-0.1, -0.05) is 6.58 Å². The van der Waals surface area contributed by atoms with Crippen molar-refractivity contribution in [3.05, 3.63) is 12.8 Å². The van der Waals surface area contributed by atoms with Crippen molar-refractivity contribution in [2.45, 2.75) is 44.3 Å². The number of rotatable bonds is 8. The minimum atomic E-state index is 0.503. The van der Waals surface area contributed by atoms with E-state index >= 15 is 0 Å². The molecule has 0 amide bonds. The van der Waals surface area contributed by atoms with Crippen molar-refractivity contribution in [2.24, 2.45) is 5.92 Å². The molecule has 0 N–H and O–H groups in total. The molecule has 0 aromatic carbocycles. The maximum absolute atomic E-state index is 5.69. The third-order valence-corrected chi connectivity index (χ3v) is 3.50. The lowest BCUT2D eigenvalue weighted by Gasteiger charge is -2.46. The van der Waals surface area contributed by atoms with Gasteiger partial charge in [-0.25, -0.2) is 0 Å². The molecule has 0 spiro atoms. The van der Waals surface area contributed by atoms with Crippen molar-refractivity contribution in [3.63, 3.8) is 0 Å². The number of unbranched alkanes of at least 4 members (excludes halogenated alkanes) is 1. The van der Waals surface area contributed by atoms with Crippen LogP contribution in [-0.4, -0.2) is 32.0 Å². The Hall–Kier alpha value is -0.540. The van der Waals surface area contributed by atoms with Crippen LogP contribution in [-0.2, 0) is 14.2 Å². The fourth-order valence-corrected chi connectivity index (χ4v) is 2.47. The van der Waals surface area contributed by atoms with Gasteiger partial charge in [0.25, 0.3) is 0 Å². The third-order valence-electron chi connectivity index (χ3n) is 3.50. The summed E-state index contributed by atoms with van der Waals surface area (Å²) >= 11 is 0. The lowest BCUT2D eigenvalue weighted by atomic mass is 9.80. The molecule has 0 aromatic heterocycles. The van der Waals surface area contributed by atoms with Crippen LogP contribution in [0.15, 0.2) is 12.8 Å². The van der Waals surface area contributed by atoms with Crippen LogP contribution in [0.1, 0.15) is 32.1 Å². The van der Waals surface area contributed by atoms with Crippen molar-refractivity contribution in [3.8, 4) is 0 Å². The third kappa shape index (κ3) is 3.22. The predicted octanol–water partition coefficient (Wildman–Crippen LogP) is 2.51. The van der Waals surface area contributed by atoms with Gasteiger partial charge in [-0.15, -0.1) is 0 Å². The second-order valence-corrected chi connectivity index (χ2v) is 4.69. The average Bonchev–Trinajstić information content (AvgIpc) is 2.27. The molecule has 3 atom stereocenters. The van der Waals surface area contributed by atoms with Crippen molar-refractivity contribution < 1.29 is 14.2 Å². The van der Waals surface area contributed by atoms with Gasteiger partial charge in [0.15, 0.2) is 0 Å². The van der Waals surface area contributed by atoms with Gasteiger partial charge in [-0.2, -0.15) is 0 Å². The molecule has 16 heavy (non-hydrogen) atoms. The fraction of sp³-hybridized carbons (Fsp3) is 0.846. The Bertz CT molecular complexity index is 208. The first-order valence-corrected chi connectivity index (χ1v) is 6.36. The van der Waals surface area contributed by atoms with Crippen molar-refractivity contribution in [2.75, 3.05) is 19.8 Å². The first kappa shape index (κ1) is 11.9. The molecule has 1 aliphatic carbocycles. The molecular weight excluding hydrogens is 204 g/mol. The van der Waals surface area contributed by atoms with E-state index in [0.29, 0.717) is 18.1 Å². The van der Waals surface area contributed by atoms with Gasteiger partial charge < -0.3 is 14.2 Å². The Kier molecular flexibility index (Phi) is 4.67. The molecule has 2 saturated heterocycles. The molecular formula is C13H22O3. The molecule has 2 bridgehead atoms. The molecule has 3 heteroatoms. The minimum absolute atomic E-state index is 0.503. The topological polar surface area (TPSA) is 27.7 Å². The number of ether oxygens (including phenoxy) is 3. The quantitative estimate of drug-likeness (QED) is 0.470. The molecule has 3 rings (SSSR count). The first-order valence-electron chi connectivity index (χ1n) is 6.36. The molecule has 0 aromatic rings. The van der Waals surface area contributed by atoms with E-state index in [2.05, 4.69) is 6.58 Å². The summed E-state index contributed by atoms with van der Waals surface area (Å²) in [6.45, 7) is 5.97. The zero-order valence-corrected chi connectivity index (χ0v) is 9.90. The van der Waals surface area contributed by atoms with Crippen LogP contribution in [0.2, 0.25) is 0 Å². The van der Waals surface area contributed by atoms with Gasteiger partial charge in [-0.3, -0.25) is 0 Å². The van der Waals surface area contributed by atoms with E-state index in [0.717, 1.165) is 32.7 Å². The normalized spacial score (nSPS) is 31.9. The molecule has 3 fully saturated rings. The monoisotopic (exact) mass is 226 g/mol. The lowest BCUT2D eigenvalue weighted by molar-refractivity contribution is -0.195. The van der Waals surface area contributed by atoms with Crippen LogP contribution in [0.4, 0.5) is 0 Å². The SMILES string of the molecule is C=COCCCCOCC1CCC2CC1O2. The van der Waals surface area contributed by atoms with Crippen LogP contribution >= 0.6 is 0 Å². The van der Waals surface area contributed by atoms with Crippen LogP contribution in [0, 0.1) is 5.92 Å². The number of fused-ring (bicyclic) bond motifs is 2. The standard InChI is InChI=1S/C13H22O3/c1-2-14-7-3-4-8-15-10-11-5-6-12-9-13(11)16-12/h2,11-13H,1,3-10H2. The van der Waals surface area contributed by atoms with Gasteiger partial charge in [0, 0.05) is 18.9 Å². The molecule has 2 aliphatic heterocycles. The van der Waals surface area contributed by atoms with Crippen LogP contribution in [0.25, 0.3) is 0 Å². The molecule has 3 nitrogen and oxygen atoms in total. The highest BCUT2D eigenvalue weighted by Crippen LogP contribution is 2.38. The summed E-state index contributed by atoms with van der Waals surface area (Å²) in [4.78, 5) is 0. The first-order chi connectivity index (χ1) is 7.90. The van der Waals surface area contributed by atoms with Crippen LogP contribution in [0.3, 0.4) is 0 Å². The highest BCUT2D eigenvalue weighted by molar-refractivity contribution is 4.89. The largest absolute Gasteiger partial charge is 0.502 e. The zero-order valence-electron chi connectivity index (χ0n) is 9.90. The Morgan fingerprint density at radius 1 is 1.25 bits per heavy atom. The summed E-state index contributed by atoms with van der Waals surface area (Å²) in [5.41, 5.74) is 0. The molecule has 2 heterocycles. The van der Waals surface area contributed by atoms with Crippen molar-refractivity contribution >= 4 is 0 Å².